The highest BCUT2D eigenvalue weighted by Crippen LogP contribution is 2.54. The molecule has 2 fully saturated rings. The number of nitrogens with one attached hydrogen (secondary N) is 1. The molecule has 1 aromatic rings. The minimum Gasteiger partial charge on any atom is -0.378 e. The fraction of sp³-hybridized carbons (Fsp3) is 0.688. The van der Waals surface area contributed by atoms with Crippen molar-refractivity contribution in [2.24, 2.45) is 5.41 Å². The first kappa shape index (κ1) is 13.8. The Kier molecular flexibility index (Phi) is 3.92. The molecule has 20 heavy (non-hydrogen) atoms. The number of pyridine rings is 1. The molecule has 0 radical (unpaired) electrons. The molecule has 2 aliphatic rings. The topological polar surface area (TPSA) is 34.1 Å². The van der Waals surface area contributed by atoms with Crippen molar-refractivity contribution < 1.29 is 9.13 Å². The number of halogens is 1. The van der Waals surface area contributed by atoms with Gasteiger partial charge < -0.3 is 10.1 Å². The molecule has 2 saturated carbocycles. The Hall–Kier alpha value is -1.16. The van der Waals surface area contributed by atoms with Crippen molar-refractivity contribution in [3.05, 3.63) is 24.1 Å². The largest absolute Gasteiger partial charge is 0.378 e. The lowest BCUT2D eigenvalue weighted by molar-refractivity contribution is -0.134. The standard InChI is InChI=1S/C16H23FN2O/c1-2-20-13-11-12(16(13)9-4-3-5-10-16)18-15-8-6-7-14(17)19-15/h6-8,12-13H,2-5,9-11H2,1H3,(H,18,19). The van der Waals surface area contributed by atoms with Gasteiger partial charge in [-0.2, -0.15) is 4.39 Å². The maximum atomic E-state index is 13.2. The molecular weight excluding hydrogens is 255 g/mol. The first-order valence-corrected chi connectivity index (χ1v) is 7.75. The highest BCUT2D eigenvalue weighted by Gasteiger charge is 2.55. The lowest BCUT2D eigenvalue weighted by Gasteiger charge is -2.57. The molecule has 1 aromatic heterocycles. The molecule has 2 unspecified atom stereocenters. The van der Waals surface area contributed by atoms with E-state index in [2.05, 4.69) is 17.2 Å². The van der Waals surface area contributed by atoms with Crippen LogP contribution in [0.4, 0.5) is 10.2 Å². The van der Waals surface area contributed by atoms with E-state index in [0.29, 0.717) is 18.0 Å². The lowest BCUT2D eigenvalue weighted by Crippen LogP contribution is -2.62. The summed E-state index contributed by atoms with van der Waals surface area (Å²) in [6.07, 6.45) is 7.67. The molecule has 2 atom stereocenters. The summed E-state index contributed by atoms with van der Waals surface area (Å²) in [4.78, 5) is 3.93. The van der Waals surface area contributed by atoms with Gasteiger partial charge in [-0.05, 0) is 38.3 Å². The van der Waals surface area contributed by atoms with Crippen molar-refractivity contribution in [1.29, 1.82) is 0 Å². The Morgan fingerprint density at radius 1 is 1.35 bits per heavy atom. The van der Waals surface area contributed by atoms with Gasteiger partial charge in [0.25, 0.3) is 0 Å². The van der Waals surface area contributed by atoms with Crippen LogP contribution in [0.2, 0.25) is 0 Å². The van der Waals surface area contributed by atoms with Crippen LogP contribution in [0.1, 0.15) is 45.4 Å². The van der Waals surface area contributed by atoms with Gasteiger partial charge in [0.15, 0.2) is 0 Å². The molecule has 0 amide bonds. The summed E-state index contributed by atoms with van der Waals surface area (Å²) in [6, 6.07) is 5.30. The highest BCUT2D eigenvalue weighted by molar-refractivity contribution is 5.37. The van der Waals surface area contributed by atoms with E-state index in [-0.39, 0.29) is 5.41 Å². The molecule has 4 heteroatoms. The maximum absolute atomic E-state index is 13.2. The van der Waals surface area contributed by atoms with Crippen LogP contribution >= 0.6 is 0 Å². The number of ether oxygens (including phenoxy) is 1. The van der Waals surface area contributed by atoms with Crippen molar-refractivity contribution >= 4 is 5.82 Å². The minimum atomic E-state index is -0.423. The minimum absolute atomic E-state index is 0.238. The predicted octanol–water partition coefficient (Wildman–Crippen LogP) is 3.76. The van der Waals surface area contributed by atoms with Crippen LogP contribution in [0.15, 0.2) is 18.2 Å². The molecule has 1 heterocycles. The zero-order valence-electron chi connectivity index (χ0n) is 12.1. The smallest absolute Gasteiger partial charge is 0.214 e. The molecule has 3 rings (SSSR count). The number of aromatic nitrogens is 1. The van der Waals surface area contributed by atoms with Crippen LogP contribution in [0.3, 0.4) is 0 Å². The van der Waals surface area contributed by atoms with Gasteiger partial charge in [-0.25, -0.2) is 4.98 Å². The average molecular weight is 278 g/mol. The van der Waals surface area contributed by atoms with E-state index in [1.807, 2.05) is 6.07 Å². The third-order valence-electron chi connectivity index (χ3n) is 4.97. The van der Waals surface area contributed by atoms with E-state index in [1.165, 1.54) is 38.2 Å². The van der Waals surface area contributed by atoms with Crippen LogP contribution in [0.5, 0.6) is 0 Å². The summed E-state index contributed by atoms with van der Waals surface area (Å²) in [7, 11) is 0. The summed E-state index contributed by atoms with van der Waals surface area (Å²) in [5.74, 6) is 0.225. The van der Waals surface area contributed by atoms with Gasteiger partial charge in [0.2, 0.25) is 5.95 Å². The van der Waals surface area contributed by atoms with Crippen molar-refractivity contribution in [2.75, 3.05) is 11.9 Å². The fourth-order valence-electron chi connectivity index (χ4n) is 3.93. The fourth-order valence-corrected chi connectivity index (χ4v) is 3.93. The number of anilines is 1. The van der Waals surface area contributed by atoms with E-state index in [9.17, 15) is 4.39 Å². The van der Waals surface area contributed by atoms with Gasteiger partial charge in [-0.15, -0.1) is 0 Å². The second-order valence-corrected chi connectivity index (χ2v) is 6.02. The van der Waals surface area contributed by atoms with Crippen LogP contribution in [-0.4, -0.2) is 23.7 Å². The molecule has 3 nitrogen and oxygen atoms in total. The van der Waals surface area contributed by atoms with Gasteiger partial charge in [0.1, 0.15) is 5.82 Å². The van der Waals surface area contributed by atoms with Gasteiger partial charge in [0.05, 0.1) is 6.10 Å². The van der Waals surface area contributed by atoms with E-state index < -0.39 is 5.95 Å². The summed E-state index contributed by atoms with van der Waals surface area (Å²) in [5, 5.41) is 3.44. The summed E-state index contributed by atoms with van der Waals surface area (Å²) in [6.45, 7) is 2.84. The number of hydrogen-bond donors (Lipinski definition) is 1. The van der Waals surface area contributed by atoms with Gasteiger partial charge in [0, 0.05) is 18.1 Å². The quantitative estimate of drug-likeness (QED) is 0.851. The molecule has 0 saturated heterocycles. The number of hydrogen-bond acceptors (Lipinski definition) is 3. The molecular formula is C16H23FN2O. The first-order chi connectivity index (χ1) is 9.74. The second-order valence-electron chi connectivity index (χ2n) is 6.02. The van der Waals surface area contributed by atoms with Gasteiger partial charge in [-0.1, -0.05) is 25.3 Å². The van der Waals surface area contributed by atoms with Crippen molar-refractivity contribution in [2.45, 2.75) is 57.6 Å². The molecule has 0 bridgehead atoms. The summed E-state index contributed by atoms with van der Waals surface area (Å²) >= 11 is 0. The Morgan fingerprint density at radius 2 is 2.15 bits per heavy atom. The van der Waals surface area contributed by atoms with Crippen LogP contribution < -0.4 is 5.32 Å². The van der Waals surface area contributed by atoms with E-state index in [1.54, 1.807) is 6.07 Å². The molecule has 2 aliphatic carbocycles. The van der Waals surface area contributed by atoms with Gasteiger partial charge >= 0.3 is 0 Å². The second kappa shape index (κ2) is 5.68. The molecule has 0 aliphatic heterocycles. The highest BCUT2D eigenvalue weighted by atomic mass is 19.1. The van der Waals surface area contributed by atoms with Crippen molar-refractivity contribution in [3.63, 3.8) is 0 Å². The van der Waals surface area contributed by atoms with Crippen molar-refractivity contribution in [1.82, 2.24) is 4.98 Å². The third-order valence-corrected chi connectivity index (χ3v) is 4.97. The third kappa shape index (κ3) is 2.41. The zero-order valence-corrected chi connectivity index (χ0v) is 12.1. The van der Waals surface area contributed by atoms with Crippen LogP contribution in [-0.2, 0) is 4.74 Å². The summed E-state index contributed by atoms with van der Waals surface area (Å²) < 4.78 is 19.1. The van der Waals surface area contributed by atoms with Gasteiger partial charge in [-0.3, -0.25) is 0 Å². The Morgan fingerprint density at radius 3 is 2.85 bits per heavy atom. The molecule has 1 N–H and O–H groups in total. The normalized spacial score (nSPS) is 28.1. The molecule has 0 aromatic carbocycles. The maximum Gasteiger partial charge on any atom is 0.214 e. The predicted molar refractivity (Wildman–Crippen MR) is 77.2 cm³/mol. The molecule has 1 spiro atoms. The van der Waals surface area contributed by atoms with E-state index >= 15 is 0 Å². The van der Waals surface area contributed by atoms with E-state index in [4.69, 9.17) is 4.74 Å². The molecule has 110 valence electrons. The number of rotatable bonds is 4. The van der Waals surface area contributed by atoms with Crippen LogP contribution in [0.25, 0.3) is 0 Å². The summed E-state index contributed by atoms with van der Waals surface area (Å²) in [5.41, 5.74) is 0.238. The monoisotopic (exact) mass is 278 g/mol. The van der Waals surface area contributed by atoms with E-state index in [0.717, 1.165) is 13.0 Å². The Labute approximate surface area is 119 Å². The van der Waals surface area contributed by atoms with Crippen molar-refractivity contribution in [3.8, 4) is 0 Å². The number of nitrogens with zero attached hydrogens (tertiary/aromatic N) is 1. The van der Waals surface area contributed by atoms with Crippen LogP contribution in [0, 0.1) is 11.4 Å². The average Bonchev–Trinajstić information content (AvgIpc) is 2.47. The Balaban J connectivity index is 1.73. The lowest BCUT2D eigenvalue weighted by atomic mass is 9.55. The Bertz CT molecular complexity index is 460. The SMILES string of the molecule is CCOC1CC(Nc2cccc(F)n2)C12CCCCC2. The first-order valence-electron chi connectivity index (χ1n) is 7.75. The zero-order chi connectivity index (χ0) is 14.0.